The molecule has 1 heterocycles. The largest absolute Gasteiger partial charge is 0.354 e. The summed E-state index contributed by atoms with van der Waals surface area (Å²) >= 11 is 5.77. The van der Waals surface area contributed by atoms with Gasteiger partial charge in [-0.3, -0.25) is 14.4 Å². The Labute approximate surface area is 144 Å². The number of ketones is 1. The smallest absolute Gasteiger partial charge is 0.268 e. The highest BCUT2D eigenvalue weighted by atomic mass is 35.5. The lowest BCUT2D eigenvalue weighted by Gasteiger charge is -2.07. The summed E-state index contributed by atoms with van der Waals surface area (Å²) in [5.74, 6) is -0.909. The van der Waals surface area contributed by atoms with Crippen LogP contribution >= 0.6 is 11.6 Å². The fourth-order valence-corrected chi connectivity index (χ4v) is 2.62. The number of carbonyl (C=O) groups excluding carboxylic acids is 3. The quantitative estimate of drug-likeness (QED) is 0.726. The molecule has 0 fully saturated rings. The lowest BCUT2D eigenvalue weighted by atomic mass is 10.1. The van der Waals surface area contributed by atoms with Gasteiger partial charge in [0.05, 0.1) is 6.54 Å². The van der Waals surface area contributed by atoms with E-state index in [4.69, 9.17) is 11.6 Å². The first-order chi connectivity index (χ1) is 11.3. The van der Waals surface area contributed by atoms with Crippen molar-refractivity contribution in [3.8, 4) is 0 Å². The van der Waals surface area contributed by atoms with E-state index in [9.17, 15) is 14.4 Å². The second-order valence-electron chi connectivity index (χ2n) is 5.42. The molecule has 1 aromatic carbocycles. The molecule has 0 unspecified atom stereocenters. The van der Waals surface area contributed by atoms with E-state index in [2.05, 4.69) is 15.6 Å². The van der Waals surface area contributed by atoms with Gasteiger partial charge in [-0.1, -0.05) is 11.6 Å². The number of aromatic nitrogens is 1. The van der Waals surface area contributed by atoms with Gasteiger partial charge in [-0.2, -0.15) is 0 Å². The Kier molecular flexibility index (Phi) is 5.41. The van der Waals surface area contributed by atoms with E-state index in [1.54, 1.807) is 38.1 Å². The molecule has 0 aliphatic carbocycles. The van der Waals surface area contributed by atoms with E-state index in [0.717, 1.165) is 0 Å². The number of aryl methyl sites for hydroxylation is 1. The Morgan fingerprint density at radius 1 is 1.12 bits per heavy atom. The molecule has 7 heteroatoms. The summed E-state index contributed by atoms with van der Waals surface area (Å²) in [6.07, 6.45) is 0. The average molecular weight is 348 g/mol. The zero-order chi connectivity index (χ0) is 17.9. The molecule has 0 saturated heterocycles. The lowest BCUT2D eigenvalue weighted by molar-refractivity contribution is -0.115. The van der Waals surface area contributed by atoms with Gasteiger partial charge in [0.25, 0.3) is 5.91 Å². The first-order valence-corrected chi connectivity index (χ1v) is 7.71. The van der Waals surface area contributed by atoms with Crippen LogP contribution in [0.1, 0.15) is 39.0 Å². The number of rotatable bonds is 5. The van der Waals surface area contributed by atoms with Crippen molar-refractivity contribution in [2.24, 2.45) is 0 Å². The van der Waals surface area contributed by atoms with E-state index in [0.29, 0.717) is 27.5 Å². The molecule has 3 N–H and O–H groups in total. The van der Waals surface area contributed by atoms with Crippen molar-refractivity contribution in [3.05, 3.63) is 51.8 Å². The number of anilines is 1. The SMILES string of the molecule is CC(=O)c1c(C)[nH]c(C(=O)NCC(=O)Nc2ccc(Cl)cc2)c1C. The molecule has 2 amide bonds. The standard InChI is InChI=1S/C17H18ClN3O3/c1-9-15(11(3)22)10(2)20-16(9)17(24)19-8-14(23)21-13-6-4-12(18)5-7-13/h4-7,20H,8H2,1-3H3,(H,19,24)(H,21,23). The minimum Gasteiger partial charge on any atom is -0.354 e. The Morgan fingerprint density at radius 2 is 1.75 bits per heavy atom. The van der Waals surface area contributed by atoms with E-state index in [1.165, 1.54) is 6.92 Å². The van der Waals surface area contributed by atoms with Crippen LogP contribution in [0.3, 0.4) is 0 Å². The summed E-state index contributed by atoms with van der Waals surface area (Å²) in [6, 6.07) is 6.65. The van der Waals surface area contributed by atoms with E-state index in [-0.39, 0.29) is 23.9 Å². The van der Waals surface area contributed by atoms with Crippen molar-refractivity contribution in [1.29, 1.82) is 0 Å². The van der Waals surface area contributed by atoms with Gasteiger partial charge >= 0.3 is 0 Å². The zero-order valence-corrected chi connectivity index (χ0v) is 14.4. The highest BCUT2D eigenvalue weighted by Crippen LogP contribution is 2.18. The second kappa shape index (κ2) is 7.31. The molecular weight excluding hydrogens is 330 g/mol. The molecule has 0 saturated carbocycles. The predicted molar refractivity (Wildman–Crippen MR) is 92.7 cm³/mol. The maximum absolute atomic E-state index is 12.2. The van der Waals surface area contributed by atoms with Crippen LogP contribution in [0.4, 0.5) is 5.69 Å². The minimum atomic E-state index is -0.436. The fourth-order valence-electron chi connectivity index (χ4n) is 2.49. The van der Waals surface area contributed by atoms with Crippen molar-refractivity contribution in [2.45, 2.75) is 20.8 Å². The molecule has 1 aromatic heterocycles. The van der Waals surface area contributed by atoms with Gasteiger partial charge in [0.2, 0.25) is 5.91 Å². The van der Waals surface area contributed by atoms with Gasteiger partial charge in [0.1, 0.15) is 5.69 Å². The van der Waals surface area contributed by atoms with Gasteiger partial charge in [-0.25, -0.2) is 0 Å². The highest BCUT2D eigenvalue weighted by Gasteiger charge is 2.20. The second-order valence-corrected chi connectivity index (χ2v) is 5.86. The molecule has 0 aliphatic heterocycles. The number of H-pyrrole nitrogens is 1. The molecule has 2 aromatic rings. The van der Waals surface area contributed by atoms with Crippen molar-refractivity contribution in [3.63, 3.8) is 0 Å². The number of hydrogen-bond acceptors (Lipinski definition) is 3. The van der Waals surface area contributed by atoms with Crippen molar-refractivity contribution in [2.75, 3.05) is 11.9 Å². The normalized spacial score (nSPS) is 10.3. The van der Waals surface area contributed by atoms with Crippen molar-refractivity contribution >= 4 is 34.9 Å². The van der Waals surface area contributed by atoms with Crippen molar-refractivity contribution in [1.82, 2.24) is 10.3 Å². The first-order valence-electron chi connectivity index (χ1n) is 7.33. The predicted octanol–water partition coefficient (Wildman–Crippen LogP) is 2.86. The zero-order valence-electron chi connectivity index (χ0n) is 13.6. The summed E-state index contributed by atoms with van der Waals surface area (Å²) in [5, 5.41) is 5.75. The molecule has 126 valence electrons. The number of halogens is 1. The van der Waals surface area contributed by atoms with Crippen LogP contribution in [0.25, 0.3) is 0 Å². The number of nitrogens with one attached hydrogen (secondary N) is 3. The summed E-state index contributed by atoms with van der Waals surface area (Å²) in [5.41, 5.74) is 2.60. The van der Waals surface area contributed by atoms with Crippen LogP contribution < -0.4 is 10.6 Å². The number of amides is 2. The highest BCUT2D eigenvalue weighted by molar-refractivity contribution is 6.30. The van der Waals surface area contributed by atoms with Crippen LogP contribution in [-0.2, 0) is 4.79 Å². The van der Waals surface area contributed by atoms with Gasteiger partial charge < -0.3 is 15.6 Å². The third-order valence-electron chi connectivity index (χ3n) is 3.55. The Morgan fingerprint density at radius 3 is 2.29 bits per heavy atom. The van der Waals surface area contributed by atoms with Gasteiger partial charge in [0.15, 0.2) is 5.78 Å². The van der Waals surface area contributed by atoms with Crippen LogP contribution in [-0.4, -0.2) is 29.1 Å². The number of benzene rings is 1. The molecule has 0 atom stereocenters. The monoisotopic (exact) mass is 347 g/mol. The van der Waals surface area contributed by atoms with Crippen LogP contribution in [0.5, 0.6) is 0 Å². The van der Waals surface area contributed by atoms with Crippen LogP contribution in [0, 0.1) is 13.8 Å². The molecular formula is C17H18ClN3O3. The van der Waals surface area contributed by atoms with Crippen molar-refractivity contribution < 1.29 is 14.4 Å². The number of aromatic amines is 1. The Hall–Kier alpha value is -2.60. The maximum atomic E-state index is 12.2. The van der Waals surface area contributed by atoms with Gasteiger partial charge in [-0.05, 0) is 50.6 Å². The summed E-state index contributed by atoms with van der Waals surface area (Å²) < 4.78 is 0. The van der Waals surface area contributed by atoms with E-state index >= 15 is 0 Å². The molecule has 0 radical (unpaired) electrons. The van der Waals surface area contributed by atoms with Crippen LogP contribution in [0.2, 0.25) is 5.02 Å². The van der Waals surface area contributed by atoms with E-state index in [1.807, 2.05) is 0 Å². The molecule has 24 heavy (non-hydrogen) atoms. The average Bonchev–Trinajstić information content (AvgIpc) is 2.82. The number of hydrogen-bond donors (Lipinski definition) is 3. The van der Waals surface area contributed by atoms with Crippen LogP contribution in [0.15, 0.2) is 24.3 Å². The van der Waals surface area contributed by atoms with Gasteiger partial charge in [0, 0.05) is 22.0 Å². The summed E-state index contributed by atoms with van der Waals surface area (Å²) in [6.45, 7) is 4.69. The molecule has 0 aliphatic rings. The number of Topliss-reactive ketones (excluding diaryl/α,β-unsaturated/α-hetero) is 1. The molecule has 0 bridgehead atoms. The maximum Gasteiger partial charge on any atom is 0.268 e. The third kappa shape index (κ3) is 4.02. The Balaban J connectivity index is 1.98. The molecule has 0 spiro atoms. The Bertz CT molecular complexity index is 794. The molecule has 6 nitrogen and oxygen atoms in total. The molecule has 2 rings (SSSR count). The summed E-state index contributed by atoms with van der Waals surface area (Å²) in [7, 11) is 0. The summed E-state index contributed by atoms with van der Waals surface area (Å²) in [4.78, 5) is 38.6. The number of carbonyl (C=O) groups is 3. The van der Waals surface area contributed by atoms with Gasteiger partial charge in [-0.15, -0.1) is 0 Å². The minimum absolute atomic E-state index is 0.110. The van der Waals surface area contributed by atoms with E-state index < -0.39 is 5.91 Å². The third-order valence-corrected chi connectivity index (χ3v) is 3.81. The lowest BCUT2D eigenvalue weighted by Crippen LogP contribution is -2.33. The first kappa shape index (κ1) is 17.7. The fraction of sp³-hybridized carbons (Fsp3) is 0.235. The topological polar surface area (TPSA) is 91.1 Å².